The van der Waals surface area contributed by atoms with Gasteiger partial charge in [0.05, 0.1) is 0 Å². The molecule has 0 radical (unpaired) electrons. The van der Waals surface area contributed by atoms with Crippen molar-refractivity contribution in [2.24, 2.45) is 5.73 Å². The van der Waals surface area contributed by atoms with E-state index in [1.807, 2.05) is 24.3 Å². The third kappa shape index (κ3) is 3.12. The summed E-state index contributed by atoms with van der Waals surface area (Å²) in [4.78, 5) is 0. The van der Waals surface area contributed by atoms with E-state index in [4.69, 9.17) is 17.3 Å². The highest BCUT2D eigenvalue weighted by Crippen LogP contribution is 2.27. The van der Waals surface area contributed by atoms with Gasteiger partial charge in [0.25, 0.3) is 0 Å². The Kier molecular flexibility index (Phi) is 4.66. The van der Waals surface area contributed by atoms with Gasteiger partial charge in [-0.3, -0.25) is 0 Å². The standard InChI is InChI=1S/C11H13BrClN/c1-2-3-4-11(14)9-6-5-8(12)7-10(9)13/h2,5-7,11H,1,3-4,14H2. The molecule has 0 saturated carbocycles. The zero-order valence-corrected chi connectivity index (χ0v) is 10.2. The number of nitrogens with two attached hydrogens (primary N) is 1. The topological polar surface area (TPSA) is 26.0 Å². The molecule has 2 N–H and O–H groups in total. The predicted octanol–water partition coefficient (Wildman–Crippen LogP) is 4.07. The van der Waals surface area contributed by atoms with Gasteiger partial charge in [0, 0.05) is 15.5 Å². The predicted molar refractivity (Wildman–Crippen MR) is 65.5 cm³/mol. The van der Waals surface area contributed by atoms with Gasteiger partial charge in [-0.1, -0.05) is 39.7 Å². The maximum atomic E-state index is 6.07. The molecule has 0 aromatic heterocycles. The van der Waals surface area contributed by atoms with Crippen LogP contribution < -0.4 is 5.73 Å². The van der Waals surface area contributed by atoms with E-state index in [0.717, 1.165) is 27.9 Å². The van der Waals surface area contributed by atoms with E-state index >= 15 is 0 Å². The van der Waals surface area contributed by atoms with Gasteiger partial charge in [0.2, 0.25) is 0 Å². The fourth-order valence-electron chi connectivity index (χ4n) is 1.26. The maximum absolute atomic E-state index is 6.07. The lowest BCUT2D eigenvalue weighted by Gasteiger charge is -2.12. The average Bonchev–Trinajstić information content (AvgIpc) is 2.14. The Morgan fingerprint density at radius 1 is 1.57 bits per heavy atom. The minimum Gasteiger partial charge on any atom is -0.324 e. The Morgan fingerprint density at radius 2 is 2.29 bits per heavy atom. The van der Waals surface area contributed by atoms with E-state index in [-0.39, 0.29) is 6.04 Å². The number of benzene rings is 1. The van der Waals surface area contributed by atoms with Gasteiger partial charge in [-0.2, -0.15) is 0 Å². The SMILES string of the molecule is C=CCCC(N)c1ccc(Br)cc1Cl. The smallest absolute Gasteiger partial charge is 0.0464 e. The normalized spacial score (nSPS) is 12.5. The van der Waals surface area contributed by atoms with E-state index in [0.29, 0.717) is 0 Å². The fraction of sp³-hybridized carbons (Fsp3) is 0.273. The van der Waals surface area contributed by atoms with Crippen molar-refractivity contribution in [1.29, 1.82) is 0 Å². The molecule has 1 aromatic carbocycles. The third-order valence-electron chi connectivity index (χ3n) is 2.04. The van der Waals surface area contributed by atoms with Crippen molar-refractivity contribution in [2.45, 2.75) is 18.9 Å². The van der Waals surface area contributed by atoms with Crippen molar-refractivity contribution in [1.82, 2.24) is 0 Å². The zero-order chi connectivity index (χ0) is 10.6. The van der Waals surface area contributed by atoms with Crippen LogP contribution in [0.4, 0.5) is 0 Å². The van der Waals surface area contributed by atoms with Gasteiger partial charge < -0.3 is 5.73 Å². The van der Waals surface area contributed by atoms with Crippen molar-refractivity contribution in [3.05, 3.63) is 45.9 Å². The highest BCUT2D eigenvalue weighted by Gasteiger charge is 2.09. The molecule has 0 bridgehead atoms. The van der Waals surface area contributed by atoms with Crippen molar-refractivity contribution in [3.8, 4) is 0 Å². The molecule has 0 aliphatic rings. The van der Waals surface area contributed by atoms with Gasteiger partial charge >= 0.3 is 0 Å². The Labute approximate surface area is 98.1 Å². The summed E-state index contributed by atoms with van der Waals surface area (Å²) < 4.78 is 0.974. The summed E-state index contributed by atoms with van der Waals surface area (Å²) in [7, 11) is 0. The fourth-order valence-corrected chi connectivity index (χ4v) is 2.07. The molecule has 76 valence electrons. The van der Waals surface area contributed by atoms with Crippen LogP contribution in [0.2, 0.25) is 5.02 Å². The summed E-state index contributed by atoms with van der Waals surface area (Å²) in [6.07, 6.45) is 3.66. The molecule has 0 fully saturated rings. The van der Waals surface area contributed by atoms with Crippen molar-refractivity contribution >= 4 is 27.5 Å². The zero-order valence-electron chi connectivity index (χ0n) is 7.84. The van der Waals surface area contributed by atoms with E-state index < -0.39 is 0 Å². The monoisotopic (exact) mass is 273 g/mol. The van der Waals surface area contributed by atoms with Crippen LogP contribution in [0.5, 0.6) is 0 Å². The van der Waals surface area contributed by atoms with Gasteiger partial charge in [0.15, 0.2) is 0 Å². The van der Waals surface area contributed by atoms with Gasteiger partial charge in [-0.25, -0.2) is 0 Å². The van der Waals surface area contributed by atoms with E-state index in [2.05, 4.69) is 22.5 Å². The largest absolute Gasteiger partial charge is 0.324 e. The maximum Gasteiger partial charge on any atom is 0.0464 e. The van der Waals surface area contributed by atoms with Gasteiger partial charge in [-0.15, -0.1) is 6.58 Å². The lowest BCUT2D eigenvalue weighted by atomic mass is 10.0. The molecular formula is C11H13BrClN. The van der Waals surface area contributed by atoms with E-state index in [9.17, 15) is 0 Å². The van der Waals surface area contributed by atoms with Crippen LogP contribution >= 0.6 is 27.5 Å². The summed E-state index contributed by atoms with van der Waals surface area (Å²) in [6, 6.07) is 5.77. The summed E-state index contributed by atoms with van der Waals surface area (Å²) in [6.45, 7) is 3.67. The summed E-state index contributed by atoms with van der Waals surface area (Å²) in [5.41, 5.74) is 6.98. The number of halogens is 2. The first-order valence-corrected chi connectivity index (χ1v) is 5.63. The molecule has 3 heteroatoms. The molecule has 1 unspecified atom stereocenters. The minimum absolute atomic E-state index is 0.00593. The first-order chi connectivity index (χ1) is 6.65. The molecule has 0 heterocycles. The lowest BCUT2D eigenvalue weighted by molar-refractivity contribution is 0.661. The minimum atomic E-state index is -0.00593. The van der Waals surface area contributed by atoms with Crippen molar-refractivity contribution < 1.29 is 0 Å². The highest BCUT2D eigenvalue weighted by atomic mass is 79.9. The molecule has 0 spiro atoms. The number of rotatable bonds is 4. The van der Waals surface area contributed by atoms with Crippen molar-refractivity contribution in [3.63, 3.8) is 0 Å². The van der Waals surface area contributed by atoms with Gasteiger partial charge in [-0.05, 0) is 30.5 Å². The molecule has 1 atom stereocenters. The third-order valence-corrected chi connectivity index (χ3v) is 2.86. The molecule has 0 saturated heterocycles. The Hall–Kier alpha value is -0.310. The molecule has 0 aliphatic heterocycles. The first-order valence-electron chi connectivity index (χ1n) is 4.46. The van der Waals surface area contributed by atoms with Crippen LogP contribution in [0.15, 0.2) is 35.3 Å². The second-order valence-electron chi connectivity index (χ2n) is 3.14. The van der Waals surface area contributed by atoms with Crippen LogP contribution in [0, 0.1) is 0 Å². The average molecular weight is 275 g/mol. The van der Waals surface area contributed by atoms with Crippen LogP contribution in [-0.2, 0) is 0 Å². The highest BCUT2D eigenvalue weighted by molar-refractivity contribution is 9.10. The van der Waals surface area contributed by atoms with Crippen LogP contribution in [0.3, 0.4) is 0 Å². The first kappa shape index (κ1) is 11.8. The number of allylic oxidation sites excluding steroid dienone is 1. The molecule has 1 aromatic rings. The van der Waals surface area contributed by atoms with Crippen LogP contribution in [-0.4, -0.2) is 0 Å². The second kappa shape index (κ2) is 5.54. The Bertz CT molecular complexity index is 325. The van der Waals surface area contributed by atoms with Crippen molar-refractivity contribution in [2.75, 3.05) is 0 Å². The van der Waals surface area contributed by atoms with E-state index in [1.54, 1.807) is 0 Å². The second-order valence-corrected chi connectivity index (χ2v) is 4.46. The van der Waals surface area contributed by atoms with Crippen LogP contribution in [0.25, 0.3) is 0 Å². The molecule has 1 nitrogen and oxygen atoms in total. The van der Waals surface area contributed by atoms with Crippen LogP contribution in [0.1, 0.15) is 24.4 Å². The molecule has 14 heavy (non-hydrogen) atoms. The molecular weight excluding hydrogens is 261 g/mol. The molecule has 1 rings (SSSR count). The lowest BCUT2D eigenvalue weighted by Crippen LogP contribution is -2.10. The summed E-state index contributed by atoms with van der Waals surface area (Å²) >= 11 is 9.42. The van der Waals surface area contributed by atoms with E-state index in [1.165, 1.54) is 0 Å². The molecule has 0 amide bonds. The Morgan fingerprint density at radius 3 is 2.86 bits per heavy atom. The number of hydrogen-bond acceptors (Lipinski definition) is 1. The Balaban J connectivity index is 2.78. The number of hydrogen-bond donors (Lipinski definition) is 1. The quantitative estimate of drug-likeness (QED) is 0.823. The summed E-state index contributed by atoms with van der Waals surface area (Å²) in [5, 5.41) is 0.718. The molecule has 0 aliphatic carbocycles. The summed E-state index contributed by atoms with van der Waals surface area (Å²) in [5.74, 6) is 0. The van der Waals surface area contributed by atoms with Gasteiger partial charge in [0.1, 0.15) is 0 Å².